The average molecular weight is 197 g/mol. The van der Waals surface area contributed by atoms with Crippen LogP contribution in [0.25, 0.3) is 0 Å². The molecule has 1 N–H and O–H groups in total. The summed E-state index contributed by atoms with van der Waals surface area (Å²) in [4.78, 5) is 0. The summed E-state index contributed by atoms with van der Waals surface area (Å²) in [5.74, 6) is 1.02. The van der Waals surface area contributed by atoms with Crippen LogP contribution in [0.5, 0.6) is 0 Å². The molecule has 1 unspecified atom stereocenters. The third kappa shape index (κ3) is 3.61. The van der Waals surface area contributed by atoms with E-state index < -0.39 is 0 Å². The molecule has 0 bridgehead atoms. The van der Waals surface area contributed by atoms with Crippen molar-refractivity contribution >= 4 is 0 Å². The van der Waals surface area contributed by atoms with Crippen molar-refractivity contribution in [1.82, 2.24) is 5.32 Å². The highest BCUT2D eigenvalue weighted by Crippen LogP contribution is 2.34. The summed E-state index contributed by atoms with van der Waals surface area (Å²) in [7, 11) is 0. The minimum atomic E-state index is 0.421. The van der Waals surface area contributed by atoms with Crippen LogP contribution in [0, 0.1) is 11.3 Å². The fourth-order valence-corrected chi connectivity index (χ4v) is 2.12. The molecule has 84 valence electrons. The molecular weight excluding hydrogens is 170 g/mol. The van der Waals surface area contributed by atoms with Gasteiger partial charge in [-0.3, -0.25) is 0 Å². The molecule has 1 aliphatic rings. The Morgan fingerprint density at radius 3 is 2.29 bits per heavy atom. The summed E-state index contributed by atoms with van der Waals surface area (Å²) in [5, 5.41) is 3.71. The zero-order valence-electron chi connectivity index (χ0n) is 10.4. The summed E-state index contributed by atoms with van der Waals surface area (Å²) in [6.45, 7) is 10.5. The van der Waals surface area contributed by atoms with Gasteiger partial charge in [0, 0.05) is 6.04 Å². The Bertz CT molecular complexity index is 153. The van der Waals surface area contributed by atoms with Crippen LogP contribution in [-0.4, -0.2) is 12.6 Å². The van der Waals surface area contributed by atoms with Crippen LogP contribution in [0.3, 0.4) is 0 Å². The van der Waals surface area contributed by atoms with Gasteiger partial charge in [0.1, 0.15) is 0 Å². The molecular formula is C13H27N. The Kier molecular flexibility index (Phi) is 4.43. The zero-order valence-corrected chi connectivity index (χ0v) is 10.4. The first-order chi connectivity index (χ1) is 6.54. The van der Waals surface area contributed by atoms with Gasteiger partial charge >= 0.3 is 0 Å². The average Bonchev–Trinajstić information content (AvgIpc) is 1.99. The molecule has 1 heteroatoms. The van der Waals surface area contributed by atoms with Gasteiger partial charge in [-0.05, 0) is 30.7 Å². The van der Waals surface area contributed by atoms with Crippen molar-refractivity contribution in [1.29, 1.82) is 0 Å². The van der Waals surface area contributed by atoms with E-state index in [1.54, 1.807) is 0 Å². The van der Waals surface area contributed by atoms with E-state index in [4.69, 9.17) is 0 Å². The Hall–Kier alpha value is -0.0400. The normalized spacial score (nSPS) is 20.6. The van der Waals surface area contributed by atoms with Crippen molar-refractivity contribution in [3.8, 4) is 0 Å². The second-order valence-corrected chi connectivity index (χ2v) is 5.91. The van der Waals surface area contributed by atoms with Gasteiger partial charge in [0.15, 0.2) is 0 Å². The molecule has 0 heterocycles. The van der Waals surface area contributed by atoms with E-state index in [1.165, 1.54) is 38.6 Å². The third-order valence-electron chi connectivity index (χ3n) is 3.48. The molecule has 1 atom stereocenters. The molecule has 0 aromatic heterocycles. The van der Waals surface area contributed by atoms with Crippen molar-refractivity contribution in [2.24, 2.45) is 11.3 Å². The molecule has 1 fully saturated rings. The van der Waals surface area contributed by atoms with E-state index >= 15 is 0 Å². The smallest absolute Gasteiger partial charge is 0.0118 e. The lowest BCUT2D eigenvalue weighted by atomic mass is 9.74. The number of nitrogens with one attached hydrogen (secondary N) is 1. The molecule has 14 heavy (non-hydrogen) atoms. The molecule has 0 aromatic rings. The van der Waals surface area contributed by atoms with Gasteiger partial charge in [-0.15, -0.1) is 0 Å². The van der Waals surface area contributed by atoms with E-state index in [0.717, 1.165) is 5.92 Å². The summed E-state index contributed by atoms with van der Waals surface area (Å²) in [6, 6.07) is 0.716. The molecule has 0 radical (unpaired) electrons. The van der Waals surface area contributed by atoms with Crippen LogP contribution in [0.1, 0.15) is 59.8 Å². The summed E-state index contributed by atoms with van der Waals surface area (Å²) >= 11 is 0. The van der Waals surface area contributed by atoms with Gasteiger partial charge in [0.05, 0.1) is 0 Å². The van der Waals surface area contributed by atoms with Crippen molar-refractivity contribution in [2.45, 2.75) is 65.8 Å². The van der Waals surface area contributed by atoms with Crippen LogP contribution in [-0.2, 0) is 0 Å². The first-order valence-electron chi connectivity index (χ1n) is 6.27. The van der Waals surface area contributed by atoms with Crippen molar-refractivity contribution in [3.05, 3.63) is 0 Å². The van der Waals surface area contributed by atoms with E-state index in [0.29, 0.717) is 11.5 Å². The van der Waals surface area contributed by atoms with Gasteiger partial charge in [-0.2, -0.15) is 0 Å². The van der Waals surface area contributed by atoms with Gasteiger partial charge in [-0.25, -0.2) is 0 Å². The van der Waals surface area contributed by atoms with Gasteiger partial charge in [0.25, 0.3) is 0 Å². The van der Waals surface area contributed by atoms with E-state index in [9.17, 15) is 0 Å². The fourth-order valence-electron chi connectivity index (χ4n) is 2.12. The molecule has 1 nitrogen and oxygen atoms in total. The van der Waals surface area contributed by atoms with E-state index in [2.05, 4.69) is 33.0 Å². The summed E-state index contributed by atoms with van der Waals surface area (Å²) in [5.41, 5.74) is 0.421. The lowest BCUT2D eigenvalue weighted by Crippen LogP contribution is -2.42. The van der Waals surface area contributed by atoms with Crippen LogP contribution in [0.4, 0.5) is 0 Å². The Labute approximate surface area is 89.7 Å². The largest absolute Gasteiger partial charge is 0.313 e. The second-order valence-electron chi connectivity index (χ2n) is 5.91. The second kappa shape index (κ2) is 5.16. The van der Waals surface area contributed by atoms with E-state index in [1.807, 2.05) is 0 Å². The summed E-state index contributed by atoms with van der Waals surface area (Å²) in [6.07, 6.45) is 7.05. The molecule has 1 rings (SSSR count). The third-order valence-corrected chi connectivity index (χ3v) is 3.48. The fraction of sp³-hybridized carbons (Fsp3) is 1.00. The zero-order chi connectivity index (χ0) is 10.6. The first-order valence-corrected chi connectivity index (χ1v) is 6.27. The number of rotatable bonds is 5. The monoisotopic (exact) mass is 197 g/mol. The highest BCUT2D eigenvalue weighted by atomic mass is 14.9. The standard InChI is InChI=1S/C13H27N/c1-5-9-14-12(13(2,3)4)10-11-7-6-8-11/h11-12,14H,5-10H2,1-4H3. The Balaban J connectivity index is 2.35. The maximum absolute atomic E-state index is 3.71. The highest BCUT2D eigenvalue weighted by Gasteiger charge is 2.29. The highest BCUT2D eigenvalue weighted by molar-refractivity contribution is 4.85. The molecule has 1 saturated carbocycles. The molecule has 0 saturated heterocycles. The predicted octanol–water partition coefficient (Wildman–Crippen LogP) is 3.59. The van der Waals surface area contributed by atoms with Gasteiger partial charge in [0.2, 0.25) is 0 Å². The SMILES string of the molecule is CCCNC(CC1CCC1)C(C)(C)C. The summed E-state index contributed by atoms with van der Waals surface area (Å²) < 4.78 is 0. The molecule has 0 amide bonds. The van der Waals surface area contributed by atoms with E-state index in [-0.39, 0.29) is 0 Å². The van der Waals surface area contributed by atoms with Crippen LogP contribution < -0.4 is 5.32 Å². The molecule has 0 aromatic carbocycles. The Morgan fingerprint density at radius 1 is 1.29 bits per heavy atom. The maximum Gasteiger partial charge on any atom is 0.0118 e. The maximum atomic E-state index is 3.71. The van der Waals surface area contributed by atoms with Crippen LogP contribution in [0.2, 0.25) is 0 Å². The first kappa shape index (κ1) is 12.0. The van der Waals surface area contributed by atoms with Crippen LogP contribution >= 0.6 is 0 Å². The Morgan fingerprint density at radius 2 is 1.93 bits per heavy atom. The number of hydrogen-bond donors (Lipinski definition) is 1. The lowest BCUT2D eigenvalue weighted by Gasteiger charge is -2.37. The number of hydrogen-bond acceptors (Lipinski definition) is 1. The molecule has 1 aliphatic carbocycles. The van der Waals surface area contributed by atoms with Crippen LogP contribution in [0.15, 0.2) is 0 Å². The van der Waals surface area contributed by atoms with Crippen molar-refractivity contribution < 1.29 is 0 Å². The lowest BCUT2D eigenvalue weighted by molar-refractivity contribution is 0.183. The predicted molar refractivity (Wildman–Crippen MR) is 63.5 cm³/mol. The molecule has 0 aliphatic heterocycles. The van der Waals surface area contributed by atoms with Gasteiger partial charge in [-0.1, -0.05) is 47.0 Å². The molecule has 0 spiro atoms. The minimum Gasteiger partial charge on any atom is -0.313 e. The minimum absolute atomic E-state index is 0.421. The van der Waals surface area contributed by atoms with Crippen molar-refractivity contribution in [2.75, 3.05) is 6.54 Å². The quantitative estimate of drug-likeness (QED) is 0.710. The van der Waals surface area contributed by atoms with Crippen molar-refractivity contribution in [3.63, 3.8) is 0 Å². The topological polar surface area (TPSA) is 12.0 Å². The van der Waals surface area contributed by atoms with Gasteiger partial charge < -0.3 is 5.32 Å².